The molecule has 1 amide bonds. The molecule has 1 aromatic carbocycles. The van der Waals surface area contributed by atoms with Crippen LogP contribution in [0.3, 0.4) is 0 Å². The molecule has 1 atom stereocenters. The van der Waals surface area contributed by atoms with Crippen molar-refractivity contribution in [1.29, 1.82) is 0 Å². The molecule has 1 aliphatic rings. The van der Waals surface area contributed by atoms with Gasteiger partial charge in [0.1, 0.15) is 11.5 Å². The van der Waals surface area contributed by atoms with Gasteiger partial charge in [0.15, 0.2) is 0 Å². The fourth-order valence-electron chi connectivity index (χ4n) is 3.44. The van der Waals surface area contributed by atoms with E-state index in [4.69, 9.17) is 14.0 Å². The first kappa shape index (κ1) is 18.3. The molecule has 2 heterocycles. The number of likely N-dealkylation sites (tertiary alicyclic amines) is 1. The Kier molecular flexibility index (Phi) is 5.49. The van der Waals surface area contributed by atoms with Crippen LogP contribution in [0, 0.1) is 5.92 Å². The Bertz CT molecular complexity index is 769. The van der Waals surface area contributed by atoms with Gasteiger partial charge >= 0.3 is 0 Å². The van der Waals surface area contributed by atoms with Crippen LogP contribution in [-0.2, 0) is 6.42 Å². The van der Waals surface area contributed by atoms with Crippen molar-refractivity contribution in [1.82, 2.24) is 10.1 Å². The standard InChI is InChI=1S/C20H26N2O4/c1-13(2)9-15-10-19(26-21-15)20(23)22-8-7-14(12-22)17-11-16(24-3)5-6-18(17)25-4/h5-6,10-11,13-14H,7-9,12H2,1-4H3/t14-/m1/s1. The largest absolute Gasteiger partial charge is 0.497 e. The average Bonchev–Trinajstić information content (AvgIpc) is 3.29. The number of carbonyl (C=O) groups is 1. The van der Waals surface area contributed by atoms with Gasteiger partial charge < -0.3 is 18.9 Å². The number of aromatic nitrogens is 1. The van der Waals surface area contributed by atoms with E-state index in [9.17, 15) is 4.79 Å². The summed E-state index contributed by atoms with van der Waals surface area (Å²) in [5.41, 5.74) is 1.90. The second-order valence-corrected chi connectivity index (χ2v) is 7.13. The summed E-state index contributed by atoms with van der Waals surface area (Å²) in [5.74, 6) is 2.51. The number of amides is 1. The zero-order chi connectivity index (χ0) is 18.7. The van der Waals surface area contributed by atoms with E-state index in [1.807, 2.05) is 23.1 Å². The molecule has 1 saturated heterocycles. The summed E-state index contributed by atoms with van der Waals surface area (Å²) in [6, 6.07) is 7.55. The lowest BCUT2D eigenvalue weighted by atomic mass is 9.97. The van der Waals surface area contributed by atoms with Crippen molar-refractivity contribution in [2.24, 2.45) is 5.92 Å². The van der Waals surface area contributed by atoms with Crippen molar-refractivity contribution in [3.05, 3.63) is 41.3 Å². The molecule has 1 aromatic heterocycles. The van der Waals surface area contributed by atoms with E-state index in [-0.39, 0.29) is 11.8 Å². The van der Waals surface area contributed by atoms with Crippen molar-refractivity contribution >= 4 is 5.91 Å². The minimum absolute atomic E-state index is 0.100. The third-order valence-corrected chi connectivity index (χ3v) is 4.74. The summed E-state index contributed by atoms with van der Waals surface area (Å²) in [6.07, 6.45) is 1.68. The summed E-state index contributed by atoms with van der Waals surface area (Å²) in [5, 5.41) is 4.02. The Balaban J connectivity index is 1.72. The van der Waals surface area contributed by atoms with Crippen molar-refractivity contribution < 1.29 is 18.8 Å². The lowest BCUT2D eigenvalue weighted by molar-refractivity contribution is 0.0749. The van der Waals surface area contributed by atoms with Crippen molar-refractivity contribution in [3.63, 3.8) is 0 Å². The van der Waals surface area contributed by atoms with E-state index in [2.05, 4.69) is 19.0 Å². The second-order valence-electron chi connectivity index (χ2n) is 7.13. The molecule has 1 fully saturated rings. The minimum atomic E-state index is -0.100. The quantitative estimate of drug-likeness (QED) is 0.790. The zero-order valence-corrected chi connectivity index (χ0v) is 15.8. The van der Waals surface area contributed by atoms with Crippen LogP contribution in [0.25, 0.3) is 0 Å². The molecule has 3 rings (SSSR count). The fourth-order valence-corrected chi connectivity index (χ4v) is 3.44. The lowest BCUT2D eigenvalue weighted by Gasteiger charge is -2.17. The SMILES string of the molecule is COc1ccc(OC)c([C@@H]2CCN(C(=O)c3cc(CC(C)C)no3)C2)c1. The van der Waals surface area contributed by atoms with E-state index in [1.54, 1.807) is 20.3 Å². The smallest absolute Gasteiger partial charge is 0.292 e. The van der Waals surface area contributed by atoms with E-state index in [1.165, 1.54) is 0 Å². The number of carbonyl (C=O) groups excluding carboxylic acids is 1. The van der Waals surface area contributed by atoms with Crippen molar-refractivity contribution in [3.8, 4) is 11.5 Å². The first-order chi connectivity index (χ1) is 12.5. The molecule has 26 heavy (non-hydrogen) atoms. The monoisotopic (exact) mass is 358 g/mol. The van der Waals surface area contributed by atoms with Gasteiger partial charge in [-0.25, -0.2) is 0 Å². The topological polar surface area (TPSA) is 64.8 Å². The number of benzene rings is 1. The molecule has 0 radical (unpaired) electrons. The first-order valence-electron chi connectivity index (χ1n) is 8.98. The van der Waals surface area contributed by atoms with Crippen molar-refractivity contribution in [2.45, 2.75) is 32.6 Å². The molecule has 0 spiro atoms. The molecule has 0 unspecified atom stereocenters. The average molecular weight is 358 g/mol. The maximum absolute atomic E-state index is 12.7. The van der Waals surface area contributed by atoms with Crippen LogP contribution < -0.4 is 9.47 Å². The van der Waals surface area contributed by atoms with E-state index in [0.29, 0.717) is 24.8 Å². The summed E-state index contributed by atoms with van der Waals surface area (Å²) in [6.45, 7) is 5.54. The van der Waals surface area contributed by atoms with Crippen LogP contribution in [0.4, 0.5) is 0 Å². The van der Waals surface area contributed by atoms with Gasteiger partial charge in [0, 0.05) is 30.6 Å². The maximum Gasteiger partial charge on any atom is 0.292 e. The Hall–Kier alpha value is -2.50. The Morgan fingerprint density at radius 1 is 1.31 bits per heavy atom. The van der Waals surface area contributed by atoms with E-state index >= 15 is 0 Å². The van der Waals surface area contributed by atoms with Gasteiger partial charge in [-0.1, -0.05) is 19.0 Å². The Morgan fingerprint density at radius 3 is 2.81 bits per heavy atom. The molecule has 2 aromatic rings. The normalized spacial score (nSPS) is 17.0. The highest BCUT2D eigenvalue weighted by Gasteiger charge is 2.31. The first-order valence-corrected chi connectivity index (χ1v) is 8.98. The van der Waals surface area contributed by atoms with Gasteiger partial charge in [-0.05, 0) is 37.0 Å². The van der Waals surface area contributed by atoms with Gasteiger partial charge in [0.25, 0.3) is 5.91 Å². The highest BCUT2D eigenvalue weighted by Crippen LogP contribution is 2.36. The molecule has 0 bridgehead atoms. The molecule has 6 heteroatoms. The number of methoxy groups -OCH3 is 2. The molecule has 0 saturated carbocycles. The molecule has 0 aliphatic carbocycles. The predicted octanol–water partition coefficient (Wildman–Crippen LogP) is 3.52. The Labute approximate surface area is 154 Å². The molecule has 1 aliphatic heterocycles. The number of rotatable bonds is 6. The molecule has 140 valence electrons. The van der Waals surface area contributed by atoms with Gasteiger partial charge in [0.05, 0.1) is 19.9 Å². The van der Waals surface area contributed by atoms with Gasteiger partial charge in [-0.3, -0.25) is 4.79 Å². The van der Waals surface area contributed by atoms with E-state index in [0.717, 1.165) is 35.6 Å². The molecular weight excluding hydrogens is 332 g/mol. The van der Waals surface area contributed by atoms with Crippen molar-refractivity contribution in [2.75, 3.05) is 27.3 Å². The lowest BCUT2D eigenvalue weighted by Crippen LogP contribution is -2.28. The van der Waals surface area contributed by atoms with Crippen LogP contribution >= 0.6 is 0 Å². The van der Waals surface area contributed by atoms with Crippen LogP contribution in [0.2, 0.25) is 0 Å². The Morgan fingerprint density at radius 2 is 2.12 bits per heavy atom. The predicted molar refractivity (Wildman–Crippen MR) is 97.9 cm³/mol. The highest BCUT2D eigenvalue weighted by atomic mass is 16.5. The molecule has 0 N–H and O–H groups in total. The summed E-state index contributed by atoms with van der Waals surface area (Å²) in [7, 11) is 3.31. The molecular formula is C20H26N2O4. The summed E-state index contributed by atoms with van der Waals surface area (Å²) in [4.78, 5) is 14.6. The van der Waals surface area contributed by atoms with Crippen LogP contribution in [0.5, 0.6) is 11.5 Å². The number of ether oxygens (including phenoxy) is 2. The van der Waals surface area contributed by atoms with Crippen LogP contribution in [0.1, 0.15) is 48.0 Å². The number of hydrogen-bond acceptors (Lipinski definition) is 5. The fraction of sp³-hybridized carbons (Fsp3) is 0.500. The van der Waals surface area contributed by atoms with E-state index < -0.39 is 0 Å². The zero-order valence-electron chi connectivity index (χ0n) is 15.8. The second kappa shape index (κ2) is 7.81. The van der Waals surface area contributed by atoms with Gasteiger partial charge in [-0.2, -0.15) is 0 Å². The molecule has 6 nitrogen and oxygen atoms in total. The van der Waals surface area contributed by atoms with Gasteiger partial charge in [0.2, 0.25) is 5.76 Å². The van der Waals surface area contributed by atoms with Crippen LogP contribution in [0.15, 0.2) is 28.8 Å². The van der Waals surface area contributed by atoms with Gasteiger partial charge in [-0.15, -0.1) is 0 Å². The van der Waals surface area contributed by atoms with Crippen LogP contribution in [-0.4, -0.2) is 43.3 Å². The third kappa shape index (κ3) is 3.84. The number of nitrogens with zero attached hydrogens (tertiary/aromatic N) is 2. The summed E-state index contributed by atoms with van der Waals surface area (Å²) < 4.78 is 16.1. The number of hydrogen-bond donors (Lipinski definition) is 0. The highest BCUT2D eigenvalue weighted by molar-refractivity contribution is 5.91. The summed E-state index contributed by atoms with van der Waals surface area (Å²) >= 11 is 0. The minimum Gasteiger partial charge on any atom is -0.497 e. The maximum atomic E-state index is 12.7. The third-order valence-electron chi connectivity index (χ3n) is 4.74.